The lowest BCUT2D eigenvalue weighted by Crippen LogP contribution is -2.56. The Morgan fingerprint density at radius 3 is 1.30 bits per heavy atom. The van der Waals surface area contributed by atoms with E-state index in [1.165, 1.54) is 6.92 Å². The zero-order valence-corrected chi connectivity index (χ0v) is 19.7. The van der Waals surface area contributed by atoms with Gasteiger partial charge in [0, 0.05) is 0 Å². The number of carboxylic acids is 1. The molecule has 0 fully saturated rings. The topological polar surface area (TPSA) is 229 Å². The van der Waals surface area contributed by atoms with E-state index in [1.54, 1.807) is 0 Å². The summed E-state index contributed by atoms with van der Waals surface area (Å²) in [6.45, 7) is 2.80. The molecule has 0 aromatic rings. The first-order valence-corrected chi connectivity index (χ1v) is 11.7. The van der Waals surface area contributed by atoms with Gasteiger partial charge in [-0.05, 0) is 84.3 Å². The summed E-state index contributed by atoms with van der Waals surface area (Å²) in [6.07, 6.45) is 4.49. The maximum absolute atomic E-state index is 12.9. The van der Waals surface area contributed by atoms with Gasteiger partial charge in [-0.25, -0.2) is 4.79 Å². The van der Waals surface area contributed by atoms with Crippen LogP contribution in [0, 0.1) is 0 Å². The summed E-state index contributed by atoms with van der Waals surface area (Å²) in [7, 11) is 0. The van der Waals surface area contributed by atoms with Crippen molar-refractivity contribution in [2.24, 2.45) is 22.9 Å². The van der Waals surface area contributed by atoms with E-state index in [9.17, 15) is 24.3 Å². The third kappa shape index (κ3) is 13.8. The number of rotatable bonds is 19. The highest BCUT2D eigenvalue weighted by atomic mass is 16.4. The molecule has 0 saturated heterocycles. The SMILES string of the molecule is C[C@H](N)C(=O)N[C@@H](CCCCN)C(=O)N[C@@H](CCCCN)C(=O)N[C@@H](CCCCN)C(=O)O. The average molecular weight is 474 g/mol. The Morgan fingerprint density at radius 2 is 0.970 bits per heavy atom. The van der Waals surface area contributed by atoms with Crippen molar-refractivity contribution in [2.75, 3.05) is 19.6 Å². The van der Waals surface area contributed by atoms with Gasteiger partial charge in [0.15, 0.2) is 0 Å². The van der Waals surface area contributed by atoms with Gasteiger partial charge < -0.3 is 44.0 Å². The second-order valence-electron chi connectivity index (χ2n) is 8.16. The molecule has 0 unspecified atom stereocenters. The number of hydrogen-bond acceptors (Lipinski definition) is 8. The minimum atomic E-state index is -1.16. The van der Waals surface area contributed by atoms with E-state index in [-0.39, 0.29) is 12.8 Å². The van der Waals surface area contributed by atoms with Gasteiger partial charge in [0.1, 0.15) is 18.1 Å². The fourth-order valence-corrected chi connectivity index (χ4v) is 3.12. The summed E-state index contributed by atoms with van der Waals surface area (Å²) < 4.78 is 0. The molecule has 0 saturated carbocycles. The van der Waals surface area contributed by atoms with Crippen molar-refractivity contribution in [3.63, 3.8) is 0 Å². The van der Waals surface area contributed by atoms with Gasteiger partial charge >= 0.3 is 5.97 Å². The van der Waals surface area contributed by atoms with E-state index in [0.29, 0.717) is 64.6 Å². The van der Waals surface area contributed by atoms with E-state index >= 15 is 0 Å². The minimum Gasteiger partial charge on any atom is -0.480 e. The first kappa shape index (κ1) is 30.7. The third-order valence-corrected chi connectivity index (χ3v) is 5.13. The highest BCUT2D eigenvalue weighted by Gasteiger charge is 2.29. The highest BCUT2D eigenvalue weighted by molar-refractivity contribution is 5.94. The zero-order chi connectivity index (χ0) is 25.2. The summed E-state index contributed by atoms with van der Waals surface area (Å²) in [5.74, 6) is -2.78. The van der Waals surface area contributed by atoms with Crippen molar-refractivity contribution in [1.29, 1.82) is 0 Å². The molecule has 33 heavy (non-hydrogen) atoms. The second-order valence-corrected chi connectivity index (χ2v) is 8.16. The molecule has 0 aliphatic carbocycles. The van der Waals surface area contributed by atoms with Gasteiger partial charge in [0.2, 0.25) is 17.7 Å². The van der Waals surface area contributed by atoms with Crippen LogP contribution in [0.2, 0.25) is 0 Å². The van der Waals surface area contributed by atoms with E-state index < -0.39 is 47.9 Å². The number of carbonyl (C=O) groups is 4. The molecule has 12 heteroatoms. The van der Waals surface area contributed by atoms with E-state index in [0.717, 1.165) is 0 Å². The second kappa shape index (κ2) is 18.2. The summed E-state index contributed by atoms with van der Waals surface area (Å²) in [5.41, 5.74) is 22.1. The molecule has 192 valence electrons. The van der Waals surface area contributed by atoms with Crippen LogP contribution in [0.3, 0.4) is 0 Å². The molecule has 0 aliphatic heterocycles. The van der Waals surface area contributed by atoms with Crippen molar-refractivity contribution in [3.8, 4) is 0 Å². The molecule has 0 aromatic heterocycles. The molecule has 12 N–H and O–H groups in total. The van der Waals surface area contributed by atoms with Gasteiger partial charge in [0.25, 0.3) is 0 Å². The Labute approximate surface area is 195 Å². The highest BCUT2D eigenvalue weighted by Crippen LogP contribution is 2.07. The molecule has 12 nitrogen and oxygen atoms in total. The molecular weight excluding hydrogens is 430 g/mol. The maximum atomic E-state index is 12.9. The van der Waals surface area contributed by atoms with Crippen LogP contribution in [0.15, 0.2) is 0 Å². The van der Waals surface area contributed by atoms with Crippen LogP contribution in [-0.2, 0) is 19.2 Å². The molecule has 0 rings (SSSR count). The van der Waals surface area contributed by atoms with Gasteiger partial charge in [-0.1, -0.05) is 0 Å². The minimum absolute atomic E-state index is 0.230. The molecule has 0 spiro atoms. The molecule has 0 heterocycles. The van der Waals surface area contributed by atoms with Crippen LogP contribution in [0.5, 0.6) is 0 Å². The fourth-order valence-electron chi connectivity index (χ4n) is 3.12. The van der Waals surface area contributed by atoms with Crippen LogP contribution in [-0.4, -0.2) is 72.6 Å². The third-order valence-electron chi connectivity index (χ3n) is 5.13. The molecule has 0 aliphatic rings. The lowest BCUT2D eigenvalue weighted by Gasteiger charge is -2.25. The summed E-state index contributed by atoms with van der Waals surface area (Å²) >= 11 is 0. The number of nitrogens with two attached hydrogens (primary N) is 4. The molecule has 0 radical (unpaired) electrons. The largest absolute Gasteiger partial charge is 0.480 e. The van der Waals surface area contributed by atoms with Crippen molar-refractivity contribution >= 4 is 23.7 Å². The summed E-state index contributed by atoms with van der Waals surface area (Å²) in [4.78, 5) is 49.4. The normalized spacial score (nSPS) is 14.6. The van der Waals surface area contributed by atoms with Crippen LogP contribution < -0.4 is 38.9 Å². The Hall–Kier alpha value is -2.28. The number of amides is 3. The predicted molar refractivity (Wildman–Crippen MR) is 126 cm³/mol. The van der Waals surface area contributed by atoms with E-state index in [1.807, 2.05) is 0 Å². The molecule has 0 bridgehead atoms. The summed E-state index contributed by atoms with van der Waals surface area (Å²) in [5, 5.41) is 17.2. The molecule has 0 aromatic carbocycles. The number of nitrogens with one attached hydrogen (secondary N) is 3. The fraction of sp³-hybridized carbons (Fsp3) is 0.810. The van der Waals surface area contributed by atoms with Crippen molar-refractivity contribution in [1.82, 2.24) is 16.0 Å². The van der Waals surface area contributed by atoms with Crippen LogP contribution in [0.25, 0.3) is 0 Å². The number of carboxylic acid groups (broad SMARTS) is 1. The van der Waals surface area contributed by atoms with E-state index in [4.69, 9.17) is 22.9 Å². The maximum Gasteiger partial charge on any atom is 0.326 e. The number of carbonyl (C=O) groups excluding carboxylic acids is 3. The van der Waals surface area contributed by atoms with Gasteiger partial charge in [-0.3, -0.25) is 14.4 Å². The Kier molecular flexibility index (Phi) is 16.9. The molecular formula is C21H43N7O5. The van der Waals surface area contributed by atoms with Crippen molar-refractivity contribution in [3.05, 3.63) is 0 Å². The lowest BCUT2D eigenvalue weighted by molar-refractivity contribution is -0.142. The van der Waals surface area contributed by atoms with Crippen LogP contribution in [0.1, 0.15) is 64.7 Å². The first-order valence-electron chi connectivity index (χ1n) is 11.7. The van der Waals surface area contributed by atoms with E-state index in [2.05, 4.69) is 16.0 Å². The number of aliphatic carboxylic acids is 1. The average Bonchev–Trinajstić information content (AvgIpc) is 2.76. The molecule has 3 amide bonds. The van der Waals surface area contributed by atoms with Gasteiger partial charge in [-0.2, -0.15) is 0 Å². The molecule has 4 atom stereocenters. The van der Waals surface area contributed by atoms with Crippen molar-refractivity contribution < 1.29 is 24.3 Å². The van der Waals surface area contributed by atoms with Crippen molar-refractivity contribution in [2.45, 2.75) is 88.9 Å². The van der Waals surface area contributed by atoms with Crippen LogP contribution >= 0.6 is 0 Å². The zero-order valence-electron chi connectivity index (χ0n) is 19.7. The Morgan fingerprint density at radius 1 is 0.636 bits per heavy atom. The first-order chi connectivity index (χ1) is 15.7. The number of unbranched alkanes of at least 4 members (excludes halogenated alkanes) is 3. The van der Waals surface area contributed by atoms with Gasteiger partial charge in [0.05, 0.1) is 6.04 Å². The van der Waals surface area contributed by atoms with Gasteiger partial charge in [-0.15, -0.1) is 0 Å². The summed E-state index contributed by atoms with van der Waals surface area (Å²) in [6, 6.07) is -3.75. The smallest absolute Gasteiger partial charge is 0.326 e. The monoisotopic (exact) mass is 473 g/mol. The standard InChI is InChI=1S/C21H43N7O5/c1-14(25)18(29)26-15(8-2-5-11-22)19(30)27-16(9-3-6-12-23)20(31)28-17(21(32)33)10-4-7-13-24/h14-17H,2-13,22-25H2,1H3,(H,26,29)(H,27,30)(H,28,31)(H,32,33)/t14-,15-,16-,17-/m0/s1. The Balaban J connectivity index is 5.35. The predicted octanol–water partition coefficient (Wildman–Crippen LogP) is -1.74. The quantitative estimate of drug-likeness (QED) is 0.0994. The number of hydrogen-bond donors (Lipinski definition) is 8. The lowest BCUT2D eigenvalue weighted by atomic mass is 10.0. The van der Waals surface area contributed by atoms with Crippen LogP contribution in [0.4, 0.5) is 0 Å². The Bertz CT molecular complexity index is 604.